The van der Waals surface area contributed by atoms with Gasteiger partial charge in [0.1, 0.15) is 0 Å². The molecule has 100 valence electrons. The maximum absolute atomic E-state index is 13.1. The number of ether oxygens (including phenoxy) is 1. The first-order chi connectivity index (χ1) is 8.61. The molecule has 0 N–H and O–H groups in total. The number of hydrogen-bond acceptors (Lipinski definition) is 2. The van der Waals surface area contributed by atoms with Crippen LogP contribution in [0.15, 0.2) is 12.1 Å². The van der Waals surface area contributed by atoms with Crippen LogP contribution in [0.1, 0.15) is 17.9 Å². The monoisotopic (exact) mass is 259 g/mol. The number of rotatable bonds is 4. The van der Waals surface area contributed by atoms with E-state index >= 15 is 0 Å². The van der Waals surface area contributed by atoms with Crippen molar-refractivity contribution in [1.29, 1.82) is 0 Å². The Morgan fingerprint density at radius 3 is 2.56 bits per heavy atom. The van der Waals surface area contributed by atoms with Gasteiger partial charge in [-0.15, -0.1) is 0 Å². The SMILES string of the molecule is COCCN1CCC(c2cc(F)c(F)c(F)c2)C1. The quantitative estimate of drug-likeness (QED) is 0.770. The molecule has 0 amide bonds. The molecule has 0 spiro atoms. The van der Waals surface area contributed by atoms with Gasteiger partial charge in [-0.05, 0) is 36.6 Å². The molecular weight excluding hydrogens is 243 g/mol. The van der Waals surface area contributed by atoms with Crippen LogP contribution in [-0.2, 0) is 4.74 Å². The second-order valence-electron chi connectivity index (χ2n) is 4.58. The maximum atomic E-state index is 13.1. The number of likely N-dealkylation sites (tertiary alicyclic amines) is 1. The number of benzene rings is 1. The summed E-state index contributed by atoms with van der Waals surface area (Å²) in [6, 6.07) is 2.20. The molecule has 1 fully saturated rings. The number of halogens is 3. The fraction of sp³-hybridized carbons (Fsp3) is 0.538. The summed E-state index contributed by atoms with van der Waals surface area (Å²) >= 11 is 0. The van der Waals surface area contributed by atoms with Crippen LogP contribution >= 0.6 is 0 Å². The summed E-state index contributed by atoms with van der Waals surface area (Å²) in [5, 5.41) is 0. The second-order valence-corrected chi connectivity index (χ2v) is 4.58. The van der Waals surface area contributed by atoms with Gasteiger partial charge in [0.05, 0.1) is 6.61 Å². The van der Waals surface area contributed by atoms with Crippen molar-refractivity contribution in [2.24, 2.45) is 0 Å². The normalized spacial score (nSPS) is 20.6. The fourth-order valence-corrected chi connectivity index (χ4v) is 2.34. The van der Waals surface area contributed by atoms with E-state index in [1.54, 1.807) is 7.11 Å². The van der Waals surface area contributed by atoms with Gasteiger partial charge < -0.3 is 9.64 Å². The minimum Gasteiger partial charge on any atom is -0.383 e. The first kappa shape index (κ1) is 13.4. The van der Waals surface area contributed by atoms with Crippen molar-refractivity contribution in [2.75, 3.05) is 33.4 Å². The van der Waals surface area contributed by atoms with Crippen molar-refractivity contribution in [3.8, 4) is 0 Å². The van der Waals surface area contributed by atoms with Crippen LogP contribution in [0.2, 0.25) is 0 Å². The van der Waals surface area contributed by atoms with Gasteiger partial charge in [-0.2, -0.15) is 0 Å². The molecule has 2 nitrogen and oxygen atoms in total. The Hall–Kier alpha value is -1.07. The van der Waals surface area contributed by atoms with Crippen LogP contribution in [0.5, 0.6) is 0 Å². The van der Waals surface area contributed by atoms with Gasteiger partial charge in [0.15, 0.2) is 17.5 Å². The zero-order valence-corrected chi connectivity index (χ0v) is 10.3. The van der Waals surface area contributed by atoms with Crippen molar-refractivity contribution in [3.63, 3.8) is 0 Å². The summed E-state index contributed by atoms with van der Waals surface area (Å²) in [6.45, 7) is 3.04. The lowest BCUT2D eigenvalue weighted by Gasteiger charge is -2.15. The Morgan fingerprint density at radius 1 is 1.28 bits per heavy atom. The summed E-state index contributed by atoms with van der Waals surface area (Å²) in [6.07, 6.45) is 0.828. The first-order valence-corrected chi connectivity index (χ1v) is 5.97. The molecule has 0 aliphatic carbocycles. The van der Waals surface area contributed by atoms with Crippen molar-refractivity contribution >= 4 is 0 Å². The third-order valence-corrected chi connectivity index (χ3v) is 3.36. The molecule has 0 saturated carbocycles. The highest BCUT2D eigenvalue weighted by atomic mass is 19.2. The van der Waals surface area contributed by atoms with Crippen molar-refractivity contribution in [3.05, 3.63) is 35.1 Å². The lowest BCUT2D eigenvalue weighted by molar-refractivity contribution is 0.160. The van der Waals surface area contributed by atoms with E-state index in [2.05, 4.69) is 4.90 Å². The predicted molar refractivity (Wildman–Crippen MR) is 62.0 cm³/mol. The van der Waals surface area contributed by atoms with Crippen molar-refractivity contribution in [2.45, 2.75) is 12.3 Å². The van der Waals surface area contributed by atoms with E-state index in [1.807, 2.05) is 0 Å². The Bertz CT molecular complexity index is 402. The van der Waals surface area contributed by atoms with Crippen molar-refractivity contribution < 1.29 is 17.9 Å². The van der Waals surface area contributed by atoms with E-state index < -0.39 is 17.5 Å². The summed E-state index contributed by atoms with van der Waals surface area (Å²) in [7, 11) is 1.64. The van der Waals surface area contributed by atoms with Crippen LogP contribution in [-0.4, -0.2) is 38.3 Å². The van der Waals surface area contributed by atoms with Crippen LogP contribution in [0.4, 0.5) is 13.2 Å². The molecule has 1 aliphatic heterocycles. The highest BCUT2D eigenvalue weighted by Crippen LogP contribution is 2.28. The molecule has 0 radical (unpaired) electrons. The lowest BCUT2D eigenvalue weighted by atomic mass is 9.98. The van der Waals surface area contributed by atoms with E-state index in [1.165, 1.54) is 0 Å². The molecule has 5 heteroatoms. The lowest BCUT2D eigenvalue weighted by Crippen LogP contribution is -2.24. The molecule has 1 aromatic rings. The minimum absolute atomic E-state index is 0.0615. The number of methoxy groups -OCH3 is 1. The molecule has 1 aromatic carbocycles. The maximum Gasteiger partial charge on any atom is 0.194 e. The summed E-state index contributed by atoms with van der Waals surface area (Å²) in [5.41, 5.74) is 0.534. The highest BCUT2D eigenvalue weighted by molar-refractivity contribution is 5.24. The Kier molecular flexibility index (Phi) is 4.24. The van der Waals surface area contributed by atoms with Gasteiger partial charge >= 0.3 is 0 Å². The van der Waals surface area contributed by atoms with Gasteiger partial charge in [0, 0.05) is 20.2 Å². The second kappa shape index (κ2) is 5.71. The van der Waals surface area contributed by atoms with Gasteiger partial charge in [-0.3, -0.25) is 0 Å². The molecule has 2 rings (SSSR count). The highest BCUT2D eigenvalue weighted by Gasteiger charge is 2.25. The summed E-state index contributed by atoms with van der Waals surface area (Å²) < 4.78 is 44.1. The standard InChI is InChI=1S/C13H16F3NO/c1-18-5-4-17-3-2-9(8-17)10-6-11(14)13(16)12(15)7-10/h6-7,9H,2-5,8H2,1H3. The Balaban J connectivity index is 2.05. The van der Waals surface area contributed by atoms with E-state index in [4.69, 9.17) is 4.74 Å². The molecular formula is C13H16F3NO. The largest absolute Gasteiger partial charge is 0.383 e. The molecule has 1 saturated heterocycles. The average molecular weight is 259 g/mol. The van der Waals surface area contributed by atoms with Crippen molar-refractivity contribution in [1.82, 2.24) is 4.90 Å². The molecule has 1 atom stereocenters. The smallest absolute Gasteiger partial charge is 0.194 e. The Morgan fingerprint density at radius 2 is 1.94 bits per heavy atom. The van der Waals surface area contributed by atoms with Gasteiger partial charge in [0.2, 0.25) is 0 Å². The zero-order valence-electron chi connectivity index (χ0n) is 10.3. The molecule has 1 aliphatic rings. The zero-order chi connectivity index (χ0) is 13.1. The van der Waals surface area contributed by atoms with Gasteiger partial charge in [-0.1, -0.05) is 0 Å². The average Bonchev–Trinajstić information content (AvgIpc) is 2.81. The molecule has 18 heavy (non-hydrogen) atoms. The number of nitrogens with zero attached hydrogens (tertiary/aromatic N) is 1. The third-order valence-electron chi connectivity index (χ3n) is 3.36. The number of hydrogen-bond donors (Lipinski definition) is 0. The Labute approximate surface area is 104 Å². The molecule has 1 unspecified atom stereocenters. The first-order valence-electron chi connectivity index (χ1n) is 5.97. The van der Waals surface area contributed by atoms with E-state index in [0.29, 0.717) is 12.2 Å². The minimum atomic E-state index is -1.40. The van der Waals surface area contributed by atoms with E-state index in [9.17, 15) is 13.2 Å². The fourth-order valence-electron chi connectivity index (χ4n) is 2.34. The summed E-state index contributed by atoms with van der Waals surface area (Å²) in [5.74, 6) is -3.56. The third kappa shape index (κ3) is 2.84. The predicted octanol–water partition coefficient (Wildman–Crippen LogP) is 2.54. The summed E-state index contributed by atoms with van der Waals surface area (Å²) in [4.78, 5) is 2.17. The molecule has 1 heterocycles. The van der Waals surface area contributed by atoms with Gasteiger partial charge in [-0.25, -0.2) is 13.2 Å². The van der Waals surface area contributed by atoms with Crippen LogP contribution in [0, 0.1) is 17.5 Å². The van der Waals surface area contributed by atoms with Crippen LogP contribution < -0.4 is 0 Å². The van der Waals surface area contributed by atoms with Crippen LogP contribution in [0.3, 0.4) is 0 Å². The van der Waals surface area contributed by atoms with E-state index in [-0.39, 0.29) is 5.92 Å². The topological polar surface area (TPSA) is 12.5 Å². The molecule has 0 aromatic heterocycles. The van der Waals surface area contributed by atoms with Crippen LogP contribution in [0.25, 0.3) is 0 Å². The van der Waals surface area contributed by atoms with E-state index in [0.717, 1.165) is 38.2 Å². The molecule has 0 bridgehead atoms. The van der Waals surface area contributed by atoms with Gasteiger partial charge in [0.25, 0.3) is 0 Å².